The van der Waals surface area contributed by atoms with Crippen LogP contribution in [0.15, 0.2) is 237 Å². The maximum absolute atomic E-state index is 14.3. The second kappa shape index (κ2) is 30.5. The molecule has 0 radical (unpaired) electrons. The van der Waals surface area contributed by atoms with Gasteiger partial charge in [-0.3, -0.25) is 10.1 Å². The first-order valence-electron chi connectivity index (χ1n) is 27.8. The van der Waals surface area contributed by atoms with Crippen molar-refractivity contribution in [2.45, 2.75) is 108 Å². The molecule has 2 aliphatic heterocycles. The number of non-ortho nitro benzene ring substituents is 1. The zero-order chi connectivity index (χ0) is 56.8. The predicted molar refractivity (Wildman–Crippen MR) is 308 cm³/mol. The summed E-state index contributed by atoms with van der Waals surface area (Å²) in [6.07, 6.45) is -10.6. The quantitative estimate of drug-likeness (QED) is 0.0259. The van der Waals surface area contributed by atoms with Crippen molar-refractivity contribution in [2.24, 2.45) is 0 Å². The molecule has 83 heavy (non-hydrogen) atoms. The van der Waals surface area contributed by atoms with Gasteiger partial charge in [0.25, 0.3) is 5.69 Å². The van der Waals surface area contributed by atoms with Crippen molar-refractivity contribution in [1.82, 2.24) is 0 Å². The number of hydrogen-bond donors (Lipinski definition) is 0. The lowest BCUT2D eigenvalue weighted by Crippen LogP contribution is -2.66. The standard InChI is InChI=1S/C68H67NO14/c70-66(56-36-38-57(39-37-56)69(71)72)83-68-65(79-46-55-34-20-7-21-35-55)63(77-44-53-30-16-5-17-31-53)61(59(81-68)48-74-41-50-24-10-2-11-25-50)82-67-64(78-45-54-32-18-6-19-33-54)62(76-43-52-28-14-4-15-29-52)60(75-42-51-26-12-3-13-27-51)58(80-67)47-73-40-49-22-8-1-9-23-49/h1-39,58-65,67-68H,40-48H2/t58-,59-,60-,61-,62+,63+,64-,65-,67+,68?/m1/s1. The summed E-state index contributed by atoms with van der Waals surface area (Å²) in [6, 6.07) is 73.6. The summed E-state index contributed by atoms with van der Waals surface area (Å²) in [6.45, 7) is 1.13. The van der Waals surface area contributed by atoms with Crippen molar-refractivity contribution >= 4 is 11.7 Å². The molecule has 0 aliphatic carbocycles. The van der Waals surface area contributed by atoms with E-state index in [1.165, 1.54) is 24.3 Å². The topological polar surface area (TPSA) is 162 Å². The number of esters is 1. The smallest absolute Gasteiger partial charge is 0.340 e. The van der Waals surface area contributed by atoms with E-state index < -0.39 is 72.3 Å². The van der Waals surface area contributed by atoms with E-state index in [0.717, 1.165) is 38.9 Å². The minimum atomic E-state index is -1.44. The second-order valence-electron chi connectivity index (χ2n) is 20.2. The molecule has 428 valence electrons. The Kier molecular flexibility index (Phi) is 21.5. The molecule has 1 unspecified atom stereocenters. The van der Waals surface area contributed by atoms with E-state index in [-0.39, 0.29) is 70.7 Å². The van der Waals surface area contributed by atoms with Crippen molar-refractivity contribution in [2.75, 3.05) is 13.2 Å². The van der Waals surface area contributed by atoms with Crippen molar-refractivity contribution in [3.8, 4) is 0 Å². The lowest BCUT2D eigenvalue weighted by molar-refractivity contribution is -0.384. The number of nitro benzene ring substituents is 1. The Morgan fingerprint density at radius 3 is 1.04 bits per heavy atom. The van der Waals surface area contributed by atoms with Crippen molar-refractivity contribution in [3.05, 3.63) is 291 Å². The number of carbonyl (C=O) groups is 1. The average molecular weight is 1120 g/mol. The van der Waals surface area contributed by atoms with E-state index in [0.29, 0.717) is 0 Å². The molecular formula is C68H67NO14. The Bertz CT molecular complexity index is 3150. The van der Waals surface area contributed by atoms with Crippen LogP contribution in [-0.2, 0) is 98.4 Å². The Morgan fingerprint density at radius 2 is 0.663 bits per heavy atom. The van der Waals surface area contributed by atoms with Gasteiger partial charge < -0.3 is 52.1 Å². The molecule has 0 bridgehead atoms. The molecule has 0 amide bonds. The molecule has 0 spiro atoms. The van der Waals surface area contributed by atoms with Gasteiger partial charge in [-0.15, -0.1) is 0 Å². The van der Waals surface area contributed by atoms with Gasteiger partial charge in [0.2, 0.25) is 6.29 Å². The van der Waals surface area contributed by atoms with E-state index in [9.17, 15) is 14.9 Å². The first kappa shape index (κ1) is 58.4. The lowest BCUT2D eigenvalue weighted by Gasteiger charge is -2.50. The highest BCUT2D eigenvalue weighted by Gasteiger charge is 2.55. The SMILES string of the molecule is O=C(OC1O[C@H](COCc2ccccc2)[C@@H](O[C@@H]2O[C@H](COCc3ccccc3)[C@@H](OCc3ccccc3)[C@H](OCc3ccccc3)[C@H]2OCc2ccccc2)[C@H](OCc2ccccc2)[C@H]1OCc1ccccc1)c1ccc([N+](=O)[O-])cc1. The molecule has 10 atom stereocenters. The third-order valence-electron chi connectivity index (χ3n) is 14.2. The van der Waals surface area contributed by atoms with Gasteiger partial charge in [-0.25, -0.2) is 4.79 Å². The summed E-state index contributed by atoms with van der Waals surface area (Å²) in [4.78, 5) is 25.4. The molecule has 8 aromatic rings. The molecule has 2 saturated heterocycles. The lowest BCUT2D eigenvalue weighted by atomic mass is 9.95. The highest BCUT2D eigenvalue weighted by atomic mass is 16.8. The van der Waals surface area contributed by atoms with Crippen molar-refractivity contribution < 1.29 is 61.8 Å². The Labute approximate surface area is 483 Å². The number of hydrogen-bond acceptors (Lipinski definition) is 14. The third-order valence-corrected chi connectivity index (χ3v) is 14.2. The van der Waals surface area contributed by atoms with Crippen LogP contribution in [-0.4, -0.2) is 85.5 Å². The molecule has 0 saturated carbocycles. The fraction of sp³-hybridized carbons (Fsp3) is 0.279. The number of nitro groups is 1. The van der Waals surface area contributed by atoms with Gasteiger partial charge in [-0.2, -0.15) is 0 Å². The van der Waals surface area contributed by atoms with Crippen LogP contribution in [0.3, 0.4) is 0 Å². The van der Waals surface area contributed by atoms with Crippen LogP contribution in [0.4, 0.5) is 5.69 Å². The molecule has 15 nitrogen and oxygen atoms in total. The summed E-state index contributed by atoms with van der Waals surface area (Å²) >= 11 is 0. The van der Waals surface area contributed by atoms with Crippen LogP contribution in [0.2, 0.25) is 0 Å². The summed E-state index contributed by atoms with van der Waals surface area (Å²) in [5.41, 5.74) is 6.18. The molecule has 2 aliphatic rings. The Hall–Kier alpha value is -7.77. The van der Waals surface area contributed by atoms with Crippen LogP contribution in [0.5, 0.6) is 0 Å². The van der Waals surface area contributed by atoms with Crippen LogP contribution in [0.25, 0.3) is 0 Å². The van der Waals surface area contributed by atoms with E-state index in [1.807, 2.05) is 212 Å². The van der Waals surface area contributed by atoms with E-state index >= 15 is 0 Å². The fourth-order valence-electron chi connectivity index (χ4n) is 9.94. The predicted octanol–water partition coefficient (Wildman–Crippen LogP) is 11.9. The largest absolute Gasteiger partial charge is 0.429 e. The minimum absolute atomic E-state index is 0.0486. The maximum Gasteiger partial charge on any atom is 0.340 e. The van der Waals surface area contributed by atoms with Gasteiger partial charge in [0, 0.05) is 12.1 Å². The summed E-state index contributed by atoms with van der Waals surface area (Å²) < 4.78 is 76.4. The van der Waals surface area contributed by atoms with Gasteiger partial charge in [0.05, 0.1) is 69.9 Å². The first-order valence-corrected chi connectivity index (χ1v) is 27.8. The number of benzene rings is 8. The number of ether oxygens (including phenoxy) is 11. The molecule has 8 aromatic carbocycles. The van der Waals surface area contributed by atoms with E-state index in [2.05, 4.69) is 0 Å². The zero-order valence-electron chi connectivity index (χ0n) is 45.8. The van der Waals surface area contributed by atoms with Gasteiger partial charge in [-0.05, 0) is 51.1 Å². The Balaban J connectivity index is 1.07. The summed E-state index contributed by atoms with van der Waals surface area (Å²) in [7, 11) is 0. The zero-order valence-corrected chi connectivity index (χ0v) is 45.8. The van der Waals surface area contributed by atoms with E-state index in [4.69, 9.17) is 52.1 Å². The molecular weight excluding hydrogens is 1050 g/mol. The Morgan fingerprint density at radius 1 is 0.361 bits per heavy atom. The number of carbonyl (C=O) groups excluding carboxylic acids is 1. The molecule has 15 heteroatoms. The molecule has 0 aromatic heterocycles. The number of rotatable bonds is 28. The highest BCUT2D eigenvalue weighted by molar-refractivity contribution is 5.89. The van der Waals surface area contributed by atoms with Crippen molar-refractivity contribution in [1.29, 1.82) is 0 Å². The molecule has 2 fully saturated rings. The van der Waals surface area contributed by atoms with Crippen molar-refractivity contribution in [3.63, 3.8) is 0 Å². The summed E-state index contributed by atoms with van der Waals surface area (Å²) in [5, 5.41) is 11.6. The van der Waals surface area contributed by atoms with Gasteiger partial charge in [0.1, 0.15) is 48.8 Å². The van der Waals surface area contributed by atoms with Gasteiger partial charge in [-0.1, -0.05) is 212 Å². The molecule has 2 heterocycles. The number of nitrogens with zero attached hydrogens (tertiary/aromatic N) is 1. The fourth-order valence-corrected chi connectivity index (χ4v) is 9.94. The highest BCUT2D eigenvalue weighted by Crippen LogP contribution is 2.37. The third kappa shape index (κ3) is 16.9. The van der Waals surface area contributed by atoms with E-state index in [1.54, 1.807) is 0 Å². The maximum atomic E-state index is 14.3. The van der Waals surface area contributed by atoms with Crippen LogP contribution in [0.1, 0.15) is 49.3 Å². The molecule has 0 N–H and O–H groups in total. The van der Waals surface area contributed by atoms with Crippen LogP contribution >= 0.6 is 0 Å². The summed E-state index contributed by atoms with van der Waals surface area (Å²) in [5.74, 6) is -0.813. The minimum Gasteiger partial charge on any atom is -0.429 e. The monoisotopic (exact) mass is 1120 g/mol. The average Bonchev–Trinajstić information content (AvgIpc) is 3.56. The van der Waals surface area contributed by atoms with Crippen LogP contribution < -0.4 is 0 Å². The molecule has 10 rings (SSSR count). The first-order chi connectivity index (χ1) is 40.9. The van der Waals surface area contributed by atoms with Gasteiger partial charge in [0.15, 0.2) is 6.29 Å². The second-order valence-corrected chi connectivity index (χ2v) is 20.2. The van der Waals surface area contributed by atoms with Crippen LogP contribution in [0, 0.1) is 10.1 Å². The van der Waals surface area contributed by atoms with Gasteiger partial charge >= 0.3 is 5.97 Å². The normalized spacial score (nSPS) is 22.4.